The fourth-order valence-corrected chi connectivity index (χ4v) is 9.58. The van der Waals surface area contributed by atoms with E-state index < -0.39 is 8.32 Å². The minimum Gasteiger partial charge on any atom is -0.633 e. The monoisotopic (exact) mass is 397 g/mol. The van der Waals surface area contributed by atoms with Crippen molar-refractivity contribution in [3.05, 3.63) is 65.9 Å². The molecule has 1 saturated heterocycles. The van der Waals surface area contributed by atoms with Gasteiger partial charge < -0.3 is 14.3 Å². The first-order valence-corrected chi connectivity index (χ1v) is 12.4. The van der Waals surface area contributed by atoms with E-state index in [1.54, 1.807) is 0 Å². The molecule has 2 aromatic rings. The number of likely N-dealkylation sites (tertiary alicyclic amines) is 1. The predicted octanol–water partition coefficient (Wildman–Crippen LogP) is 4.45. The third-order valence-corrected chi connectivity index (χ3v) is 11.5. The normalized spacial score (nSPS) is 24.3. The van der Waals surface area contributed by atoms with Crippen LogP contribution in [0.25, 0.3) is 0 Å². The van der Waals surface area contributed by atoms with Crippen LogP contribution in [0, 0.1) is 5.21 Å². The Bertz CT molecular complexity index is 716. The van der Waals surface area contributed by atoms with Crippen LogP contribution in [0.5, 0.6) is 0 Å². The molecule has 1 fully saturated rings. The molecule has 4 heteroatoms. The Labute approximate surface area is 171 Å². The lowest BCUT2D eigenvalue weighted by Gasteiger charge is -2.46. The van der Waals surface area contributed by atoms with Gasteiger partial charge in [0.15, 0.2) is 0 Å². The maximum Gasteiger partial charge on any atom is 0.261 e. The molecule has 28 heavy (non-hydrogen) atoms. The summed E-state index contributed by atoms with van der Waals surface area (Å²) in [6, 6.07) is 21.6. The van der Waals surface area contributed by atoms with E-state index in [1.165, 1.54) is 10.4 Å². The third-order valence-electron chi connectivity index (χ3n) is 6.31. The average molecular weight is 398 g/mol. The highest BCUT2D eigenvalue weighted by Gasteiger charge is 2.51. The van der Waals surface area contributed by atoms with Gasteiger partial charge in [-0.05, 0) is 22.3 Å². The lowest BCUT2D eigenvalue weighted by Crippen LogP contribution is -2.67. The molecule has 0 radical (unpaired) electrons. The van der Waals surface area contributed by atoms with Gasteiger partial charge in [-0.15, -0.1) is 0 Å². The molecule has 1 heterocycles. The fraction of sp³-hybridized carbons (Fsp3) is 0.500. The summed E-state index contributed by atoms with van der Waals surface area (Å²) in [4.78, 5) is 0. The Kier molecular flexibility index (Phi) is 6.16. The number of rotatable bonds is 6. The van der Waals surface area contributed by atoms with Gasteiger partial charge in [0, 0.05) is 25.4 Å². The molecule has 0 N–H and O–H groups in total. The molecular formula is C24H35NO2Si. The van der Waals surface area contributed by atoms with Crippen molar-refractivity contribution in [1.82, 2.24) is 0 Å². The zero-order valence-corrected chi connectivity index (χ0v) is 19.0. The summed E-state index contributed by atoms with van der Waals surface area (Å²) in [6.45, 7) is 9.80. The number of nitrogens with zero attached hydrogens (tertiary/aromatic N) is 1. The van der Waals surface area contributed by atoms with Crippen molar-refractivity contribution in [2.75, 3.05) is 13.6 Å². The molecule has 0 saturated carbocycles. The number of hydrogen-bond donors (Lipinski definition) is 0. The first-order valence-electron chi connectivity index (χ1n) is 10.5. The molecule has 0 aliphatic carbocycles. The molecular weight excluding hydrogens is 362 g/mol. The zero-order chi connectivity index (χ0) is 20.4. The van der Waals surface area contributed by atoms with Gasteiger partial charge >= 0.3 is 0 Å². The Morgan fingerprint density at radius 2 is 1.54 bits per heavy atom. The van der Waals surface area contributed by atoms with Gasteiger partial charge in [-0.3, -0.25) is 0 Å². The van der Waals surface area contributed by atoms with Crippen molar-refractivity contribution in [3.63, 3.8) is 0 Å². The molecule has 0 amide bonds. The molecule has 1 aliphatic rings. The van der Waals surface area contributed by atoms with E-state index in [0.29, 0.717) is 0 Å². The van der Waals surface area contributed by atoms with Crippen LogP contribution in [0.1, 0.15) is 47.0 Å². The van der Waals surface area contributed by atoms with Gasteiger partial charge in [-0.1, -0.05) is 81.4 Å². The van der Waals surface area contributed by atoms with Crippen LogP contribution in [-0.4, -0.2) is 38.7 Å². The fourth-order valence-electron chi connectivity index (χ4n) is 4.86. The van der Waals surface area contributed by atoms with Crippen LogP contribution in [0.15, 0.2) is 60.7 Å². The Morgan fingerprint density at radius 3 is 1.93 bits per heavy atom. The summed E-state index contributed by atoms with van der Waals surface area (Å²) in [5.41, 5.74) is 0. The summed E-state index contributed by atoms with van der Waals surface area (Å²) in [5, 5.41) is 15.3. The molecule has 3 atom stereocenters. The minimum absolute atomic E-state index is 0.0325. The first-order chi connectivity index (χ1) is 13.2. The molecule has 0 bridgehead atoms. The van der Waals surface area contributed by atoms with Crippen molar-refractivity contribution >= 4 is 18.7 Å². The van der Waals surface area contributed by atoms with Crippen LogP contribution < -0.4 is 10.4 Å². The average Bonchev–Trinajstić information content (AvgIpc) is 2.98. The summed E-state index contributed by atoms with van der Waals surface area (Å²) in [6.07, 6.45) is 2.90. The van der Waals surface area contributed by atoms with E-state index in [1.807, 2.05) is 7.05 Å². The molecule has 3 nitrogen and oxygen atoms in total. The van der Waals surface area contributed by atoms with Crippen LogP contribution in [0.4, 0.5) is 0 Å². The predicted molar refractivity (Wildman–Crippen MR) is 120 cm³/mol. The Morgan fingerprint density at radius 1 is 1.04 bits per heavy atom. The largest absolute Gasteiger partial charge is 0.633 e. The van der Waals surface area contributed by atoms with Gasteiger partial charge in [0.2, 0.25) is 0 Å². The Hall–Kier alpha value is -1.46. The lowest BCUT2D eigenvalue weighted by molar-refractivity contribution is -0.873. The van der Waals surface area contributed by atoms with E-state index in [2.05, 4.69) is 88.4 Å². The Balaban J connectivity index is 2.01. The highest BCUT2D eigenvalue weighted by Crippen LogP contribution is 2.38. The first kappa shape index (κ1) is 21.3. The van der Waals surface area contributed by atoms with Gasteiger partial charge in [0.1, 0.15) is 0 Å². The topological polar surface area (TPSA) is 32.3 Å². The standard InChI is InChI=1S/C24H35NO2Si/c1-20(19-21-13-12-18-25(21,5)26)27-28(24(2,3)4,22-14-8-6-9-15-22)23-16-10-7-11-17-23/h6-11,14-17,20-21H,12-13,18-19H2,1-5H3/t20-,21+,25+/m0/s1. The number of benzene rings is 2. The maximum absolute atomic E-state index is 12.8. The van der Waals surface area contributed by atoms with E-state index in [4.69, 9.17) is 4.43 Å². The molecule has 0 aromatic heterocycles. The van der Waals surface area contributed by atoms with E-state index >= 15 is 0 Å². The van der Waals surface area contributed by atoms with Crippen LogP contribution >= 0.6 is 0 Å². The quantitative estimate of drug-likeness (QED) is 0.410. The maximum atomic E-state index is 12.8. The number of hydroxylamine groups is 3. The second-order valence-electron chi connectivity index (χ2n) is 9.52. The van der Waals surface area contributed by atoms with Gasteiger partial charge in [0.05, 0.1) is 19.6 Å². The van der Waals surface area contributed by atoms with Crippen LogP contribution in [0.3, 0.4) is 0 Å². The second-order valence-corrected chi connectivity index (χ2v) is 13.8. The number of hydrogen-bond acceptors (Lipinski definition) is 2. The summed E-state index contributed by atoms with van der Waals surface area (Å²) in [5.74, 6) is 0. The van der Waals surface area contributed by atoms with E-state index in [0.717, 1.165) is 25.8 Å². The van der Waals surface area contributed by atoms with Crippen LogP contribution in [0.2, 0.25) is 5.04 Å². The lowest BCUT2D eigenvalue weighted by atomic mass is 10.1. The van der Waals surface area contributed by atoms with Crippen molar-refractivity contribution in [3.8, 4) is 0 Å². The van der Waals surface area contributed by atoms with Gasteiger partial charge in [0.25, 0.3) is 8.32 Å². The summed E-state index contributed by atoms with van der Waals surface area (Å²) in [7, 11) is -0.713. The summed E-state index contributed by atoms with van der Waals surface area (Å²) >= 11 is 0. The van der Waals surface area contributed by atoms with Gasteiger partial charge in [-0.2, -0.15) is 0 Å². The molecule has 3 rings (SSSR count). The minimum atomic E-state index is -2.54. The number of quaternary nitrogens is 1. The molecule has 2 aromatic carbocycles. The molecule has 1 aliphatic heterocycles. The zero-order valence-electron chi connectivity index (χ0n) is 18.0. The van der Waals surface area contributed by atoms with Crippen LogP contribution in [-0.2, 0) is 4.43 Å². The van der Waals surface area contributed by atoms with E-state index in [9.17, 15) is 5.21 Å². The summed E-state index contributed by atoms with van der Waals surface area (Å²) < 4.78 is 7.00. The van der Waals surface area contributed by atoms with Crippen molar-refractivity contribution in [2.24, 2.45) is 0 Å². The van der Waals surface area contributed by atoms with Crippen molar-refractivity contribution in [2.45, 2.75) is 64.1 Å². The highest BCUT2D eigenvalue weighted by atomic mass is 28.4. The van der Waals surface area contributed by atoms with Crippen molar-refractivity contribution < 1.29 is 9.07 Å². The highest BCUT2D eigenvalue weighted by molar-refractivity contribution is 6.99. The third kappa shape index (κ3) is 4.11. The SMILES string of the molecule is C[C@@H](C[C@H]1CCC[N@@+]1(C)[O-])O[Si](c1ccccc1)(c1ccccc1)C(C)(C)C. The smallest absolute Gasteiger partial charge is 0.261 e. The molecule has 0 unspecified atom stereocenters. The second kappa shape index (κ2) is 8.11. The molecule has 0 spiro atoms. The van der Waals surface area contributed by atoms with E-state index in [-0.39, 0.29) is 21.8 Å². The van der Waals surface area contributed by atoms with Gasteiger partial charge in [-0.25, -0.2) is 0 Å². The molecule has 152 valence electrons. The van der Waals surface area contributed by atoms with Crippen molar-refractivity contribution in [1.29, 1.82) is 0 Å².